The zero-order valence-electron chi connectivity index (χ0n) is 11.4. The molecule has 1 aliphatic rings. The monoisotopic (exact) mass is 308 g/mol. The second-order valence-corrected chi connectivity index (χ2v) is 5.83. The number of aromatic carboxylic acids is 1. The van der Waals surface area contributed by atoms with E-state index in [2.05, 4.69) is 20.2 Å². The molecule has 1 fully saturated rings. The third-order valence-corrected chi connectivity index (χ3v) is 4.43. The number of nitrogens with one attached hydrogen (secondary N) is 1. The summed E-state index contributed by atoms with van der Waals surface area (Å²) in [6.07, 6.45) is 3.25. The van der Waals surface area contributed by atoms with Gasteiger partial charge in [0.05, 0.1) is 51.4 Å². The lowest BCUT2D eigenvalue weighted by Crippen LogP contribution is -3.15. The van der Waals surface area contributed by atoms with Crippen LogP contribution in [0.2, 0.25) is 0 Å². The van der Waals surface area contributed by atoms with E-state index in [9.17, 15) is 9.90 Å². The van der Waals surface area contributed by atoms with Crippen LogP contribution in [0.5, 0.6) is 0 Å². The molecule has 1 saturated heterocycles. The molecule has 1 N–H and O–H groups in total. The van der Waals surface area contributed by atoms with Gasteiger partial charge in [-0.05, 0) is 0 Å². The van der Waals surface area contributed by atoms with E-state index in [1.807, 2.05) is 11.6 Å². The maximum absolute atomic E-state index is 10.6. The molecule has 3 heterocycles. The fraction of sp³-hybridized carbons (Fsp3) is 0.500. The Hall–Kier alpha value is -2.00. The number of thiazole rings is 1. The summed E-state index contributed by atoms with van der Waals surface area (Å²) < 4.78 is 1.56. The lowest BCUT2D eigenvalue weighted by atomic mass is 10.3. The molecule has 0 bridgehead atoms. The molecule has 21 heavy (non-hydrogen) atoms. The zero-order chi connectivity index (χ0) is 14.7. The Kier molecular flexibility index (Phi) is 4.11. The molecule has 0 amide bonds. The number of carbonyl (C=O) groups excluding carboxylic acids is 1. The van der Waals surface area contributed by atoms with Gasteiger partial charge >= 0.3 is 0 Å². The first-order chi connectivity index (χ1) is 10.2. The number of hydrogen-bond donors (Lipinski definition) is 1. The van der Waals surface area contributed by atoms with Crippen LogP contribution in [0, 0.1) is 0 Å². The van der Waals surface area contributed by atoms with E-state index in [-0.39, 0.29) is 5.69 Å². The van der Waals surface area contributed by atoms with Crippen LogP contribution in [0.4, 0.5) is 5.13 Å². The smallest absolute Gasteiger partial charge is 0.185 e. The molecule has 0 aliphatic carbocycles. The Morgan fingerprint density at radius 2 is 2.24 bits per heavy atom. The van der Waals surface area contributed by atoms with Crippen molar-refractivity contribution in [2.75, 3.05) is 37.6 Å². The lowest BCUT2D eigenvalue weighted by molar-refractivity contribution is -0.901. The maximum Gasteiger partial charge on any atom is 0.185 e. The summed E-state index contributed by atoms with van der Waals surface area (Å²) in [4.78, 5) is 18.7. The Labute approximate surface area is 125 Å². The highest BCUT2D eigenvalue weighted by Gasteiger charge is 2.21. The molecule has 2 aromatic heterocycles. The topological polar surface area (TPSA) is 91.4 Å². The summed E-state index contributed by atoms with van der Waals surface area (Å²) in [6, 6.07) is 0. The number of hydrogen-bond acceptors (Lipinski definition) is 7. The van der Waals surface area contributed by atoms with Crippen molar-refractivity contribution < 1.29 is 14.8 Å². The fourth-order valence-corrected chi connectivity index (χ4v) is 3.11. The van der Waals surface area contributed by atoms with Crippen molar-refractivity contribution in [1.29, 1.82) is 0 Å². The van der Waals surface area contributed by atoms with Gasteiger partial charge in [0.15, 0.2) is 5.13 Å². The van der Waals surface area contributed by atoms with Crippen molar-refractivity contribution in [2.24, 2.45) is 0 Å². The number of rotatable bonds is 5. The first-order valence-corrected chi connectivity index (χ1v) is 7.70. The van der Waals surface area contributed by atoms with Gasteiger partial charge in [0, 0.05) is 11.6 Å². The van der Waals surface area contributed by atoms with E-state index in [1.54, 1.807) is 16.0 Å². The minimum Gasteiger partial charge on any atom is -0.543 e. The normalized spacial score (nSPS) is 16.3. The number of quaternary nitrogens is 1. The molecule has 0 radical (unpaired) electrons. The SMILES string of the molecule is O=C([O-])c1cn(CC[NH+]2CCN(c3nccs3)CC2)nn1. The molecular weight excluding hydrogens is 292 g/mol. The van der Waals surface area contributed by atoms with Gasteiger partial charge in [0.2, 0.25) is 0 Å². The minimum absolute atomic E-state index is 0.112. The van der Waals surface area contributed by atoms with E-state index in [4.69, 9.17) is 0 Å². The lowest BCUT2D eigenvalue weighted by Gasteiger charge is -2.31. The predicted octanol–water partition coefficient (Wildman–Crippen LogP) is -2.50. The van der Waals surface area contributed by atoms with E-state index in [0.717, 1.165) is 37.9 Å². The molecular formula is C12H16N6O2S. The first-order valence-electron chi connectivity index (χ1n) is 6.82. The first kappa shape index (κ1) is 14.0. The van der Waals surface area contributed by atoms with Crippen LogP contribution in [0.15, 0.2) is 17.8 Å². The van der Waals surface area contributed by atoms with Crippen LogP contribution in [0.1, 0.15) is 10.5 Å². The Bertz CT molecular complexity index is 591. The fourth-order valence-electron chi connectivity index (χ4n) is 2.41. The van der Waals surface area contributed by atoms with Crippen molar-refractivity contribution in [1.82, 2.24) is 20.0 Å². The van der Waals surface area contributed by atoms with Crippen molar-refractivity contribution in [3.63, 3.8) is 0 Å². The summed E-state index contributed by atoms with van der Waals surface area (Å²) in [7, 11) is 0. The largest absolute Gasteiger partial charge is 0.543 e. The third kappa shape index (κ3) is 3.37. The van der Waals surface area contributed by atoms with Gasteiger partial charge in [-0.1, -0.05) is 5.21 Å². The molecule has 8 nitrogen and oxygen atoms in total. The highest BCUT2D eigenvalue weighted by molar-refractivity contribution is 7.13. The van der Waals surface area contributed by atoms with Crippen LogP contribution in [0.25, 0.3) is 0 Å². The Morgan fingerprint density at radius 3 is 2.86 bits per heavy atom. The highest BCUT2D eigenvalue weighted by atomic mass is 32.1. The Balaban J connectivity index is 1.46. The van der Waals surface area contributed by atoms with Gasteiger partial charge in [-0.15, -0.1) is 16.4 Å². The van der Waals surface area contributed by atoms with Gasteiger partial charge in [0.1, 0.15) is 5.69 Å². The van der Waals surface area contributed by atoms with E-state index >= 15 is 0 Å². The number of anilines is 1. The molecule has 9 heteroatoms. The van der Waals surface area contributed by atoms with Gasteiger partial charge in [-0.3, -0.25) is 0 Å². The van der Waals surface area contributed by atoms with Crippen LogP contribution in [0.3, 0.4) is 0 Å². The summed E-state index contributed by atoms with van der Waals surface area (Å²) in [5.74, 6) is -1.29. The standard InChI is InChI=1S/C12H16N6O2S/c19-11(20)10-9-18(15-14-10)7-4-16-2-5-17(6-3-16)12-13-1-8-21-12/h1,8-9H,2-7H2,(H,19,20). The van der Waals surface area contributed by atoms with Gasteiger partial charge in [-0.2, -0.15) is 0 Å². The van der Waals surface area contributed by atoms with Gasteiger partial charge in [0.25, 0.3) is 0 Å². The summed E-state index contributed by atoms with van der Waals surface area (Å²) in [5, 5.41) is 21.1. The number of carboxylic acids is 1. The zero-order valence-corrected chi connectivity index (χ0v) is 12.3. The summed E-state index contributed by atoms with van der Waals surface area (Å²) in [6.45, 7) is 5.63. The number of carbonyl (C=O) groups is 1. The second-order valence-electron chi connectivity index (χ2n) is 4.96. The number of aromatic nitrogens is 4. The van der Waals surface area contributed by atoms with Crippen LogP contribution in [-0.4, -0.2) is 58.7 Å². The maximum atomic E-state index is 10.6. The van der Waals surface area contributed by atoms with Crippen LogP contribution >= 0.6 is 11.3 Å². The molecule has 0 unspecified atom stereocenters. The van der Waals surface area contributed by atoms with E-state index in [0.29, 0.717) is 6.54 Å². The molecule has 0 aromatic carbocycles. The van der Waals surface area contributed by atoms with Gasteiger partial charge < -0.3 is 19.7 Å². The van der Waals surface area contributed by atoms with Crippen molar-refractivity contribution >= 4 is 22.4 Å². The highest BCUT2D eigenvalue weighted by Crippen LogP contribution is 2.16. The number of carboxylic acid groups (broad SMARTS) is 1. The summed E-state index contributed by atoms with van der Waals surface area (Å²) >= 11 is 1.67. The Morgan fingerprint density at radius 1 is 1.43 bits per heavy atom. The molecule has 0 atom stereocenters. The molecule has 2 aromatic rings. The second kappa shape index (κ2) is 6.19. The van der Waals surface area contributed by atoms with Gasteiger partial charge in [-0.25, -0.2) is 9.67 Å². The molecule has 0 saturated carbocycles. The van der Waals surface area contributed by atoms with Crippen molar-refractivity contribution in [2.45, 2.75) is 6.54 Å². The average Bonchev–Trinajstić information content (AvgIpc) is 3.17. The van der Waals surface area contributed by atoms with Crippen molar-refractivity contribution in [3.05, 3.63) is 23.5 Å². The average molecular weight is 308 g/mol. The molecule has 112 valence electrons. The van der Waals surface area contributed by atoms with Crippen LogP contribution in [-0.2, 0) is 6.54 Å². The number of piperazine rings is 1. The molecule has 3 rings (SSSR count). The number of nitrogens with zero attached hydrogens (tertiary/aromatic N) is 5. The van der Waals surface area contributed by atoms with Crippen molar-refractivity contribution in [3.8, 4) is 0 Å². The minimum atomic E-state index is -1.29. The third-order valence-electron chi connectivity index (χ3n) is 3.60. The van der Waals surface area contributed by atoms with Crippen LogP contribution < -0.4 is 14.9 Å². The molecule has 0 spiro atoms. The predicted molar refractivity (Wildman–Crippen MR) is 74.2 cm³/mol. The summed E-state index contributed by atoms with van der Waals surface area (Å²) in [5.41, 5.74) is -0.112. The van der Waals surface area contributed by atoms with E-state index < -0.39 is 5.97 Å². The van der Waals surface area contributed by atoms with E-state index in [1.165, 1.54) is 11.1 Å². The quantitative estimate of drug-likeness (QED) is 0.657. The molecule has 1 aliphatic heterocycles.